The van der Waals surface area contributed by atoms with Gasteiger partial charge in [0.15, 0.2) is 6.04 Å². The maximum Gasteiger partial charge on any atom is 0.328 e. The molecule has 4 N–H and O–H groups in total. The van der Waals surface area contributed by atoms with Crippen LogP contribution in [0.15, 0.2) is 18.5 Å². The molecule has 1 heterocycles. The number of aryl methyl sites for hydroxylation is 1. The molecule has 0 aromatic carbocycles. The van der Waals surface area contributed by atoms with Gasteiger partial charge in [-0.1, -0.05) is 0 Å². The number of nitrogens with one attached hydrogen (secondary N) is 2. The molecule has 0 fully saturated rings. The van der Waals surface area contributed by atoms with Crippen LogP contribution in [0, 0.1) is 6.92 Å². The third-order valence-electron chi connectivity index (χ3n) is 2.62. The number of carboxylic acid groups (broad SMARTS) is 1. The fourth-order valence-electron chi connectivity index (χ4n) is 1.44. The van der Waals surface area contributed by atoms with E-state index < -0.39 is 24.1 Å². The van der Waals surface area contributed by atoms with Gasteiger partial charge in [0, 0.05) is 18.9 Å². The van der Waals surface area contributed by atoms with Crippen molar-refractivity contribution in [1.29, 1.82) is 0 Å². The second-order valence-corrected chi connectivity index (χ2v) is 4.19. The van der Waals surface area contributed by atoms with Gasteiger partial charge in [-0.2, -0.15) is 0 Å². The van der Waals surface area contributed by atoms with Crippen LogP contribution in [0.25, 0.3) is 0 Å². The van der Waals surface area contributed by atoms with Crippen LogP contribution < -0.4 is 10.6 Å². The number of aromatic nitrogens is 1. The summed E-state index contributed by atoms with van der Waals surface area (Å²) in [4.78, 5) is 26.3. The molecule has 0 bridgehead atoms. The van der Waals surface area contributed by atoms with E-state index >= 15 is 0 Å². The molecule has 0 aliphatic rings. The number of nitrogens with zero attached hydrogens (tertiary/aromatic N) is 1. The Morgan fingerprint density at radius 2 is 2.16 bits per heavy atom. The van der Waals surface area contributed by atoms with Crippen LogP contribution in [0.5, 0.6) is 0 Å². The Labute approximate surface area is 110 Å². The number of amides is 2. The molecule has 7 nitrogen and oxygen atoms in total. The van der Waals surface area contributed by atoms with Crippen LogP contribution in [0.3, 0.4) is 0 Å². The number of aliphatic carboxylic acids is 1. The number of carbonyl (C=O) groups excluding carboxylic acids is 1. The van der Waals surface area contributed by atoms with Gasteiger partial charge in [-0.05, 0) is 31.0 Å². The first-order valence-electron chi connectivity index (χ1n) is 5.76. The Morgan fingerprint density at radius 3 is 2.68 bits per heavy atom. The van der Waals surface area contributed by atoms with E-state index in [1.165, 1.54) is 6.92 Å². The highest BCUT2D eigenvalue weighted by Gasteiger charge is 2.24. The zero-order valence-corrected chi connectivity index (χ0v) is 10.8. The number of carbonyl (C=O) groups is 2. The van der Waals surface area contributed by atoms with Gasteiger partial charge in [0.25, 0.3) is 0 Å². The molecule has 19 heavy (non-hydrogen) atoms. The van der Waals surface area contributed by atoms with E-state index in [4.69, 9.17) is 5.11 Å². The molecule has 0 saturated carbocycles. The monoisotopic (exact) mass is 267 g/mol. The largest absolute Gasteiger partial charge is 0.480 e. The number of aliphatic hydroxyl groups is 1. The summed E-state index contributed by atoms with van der Waals surface area (Å²) in [6.07, 6.45) is 2.09. The number of hydrogen-bond donors (Lipinski definition) is 4. The first-order valence-corrected chi connectivity index (χ1v) is 5.76. The Kier molecular flexibility index (Phi) is 5.25. The predicted molar refractivity (Wildman–Crippen MR) is 67.5 cm³/mol. The molecular formula is C12H17N3O4. The van der Waals surface area contributed by atoms with Crippen molar-refractivity contribution in [1.82, 2.24) is 15.6 Å². The van der Waals surface area contributed by atoms with Crippen LogP contribution in [0.2, 0.25) is 0 Å². The van der Waals surface area contributed by atoms with E-state index in [1.807, 2.05) is 13.0 Å². The topological polar surface area (TPSA) is 112 Å². The van der Waals surface area contributed by atoms with Gasteiger partial charge >= 0.3 is 12.0 Å². The summed E-state index contributed by atoms with van der Waals surface area (Å²) in [6, 6.07) is -0.184. The van der Waals surface area contributed by atoms with Crippen LogP contribution in [0.4, 0.5) is 4.79 Å². The fraction of sp³-hybridized carbons (Fsp3) is 0.417. The Bertz CT molecular complexity index is 462. The van der Waals surface area contributed by atoms with Gasteiger partial charge in [-0.3, -0.25) is 4.98 Å². The van der Waals surface area contributed by atoms with Crippen molar-refractivity contribution in [3.63, 3.8) is 0 Å². The summed E-state index contributed by atoms with van der Waals surface area (Å²) in [5, 5.41) is 22.7. The summed E-state index contributed by atoms with van der Waals surface area (Å²) in [5.74, 6) is -1.29. The number of rotatable bonds is 5. The molecular weight excluding hydrogens is 250 g/mol. The van der Waals surface area contributed by atoms with Gasteiger partial charge in [-0.15, -0.1) is 0 Å². The van der Waals surface area contributed by atoms with Crippen LogP contribution >= 0.6 is 0 Å². The van der Waals surface area contributed by atoms with Crippen molar-refractivity contribution in [3.8, 4) is 0 Å². The first kappa shape index (κ1) is 14.9. The Hall–Kier alpha value is -2.15. The van der Waals surface area contributed by atoms with E-state index in [9.17, 15) is 14.7 Å². The molecule has 1 rings (SSSR count). The normalized spacial score (nSPS) is 13.4. The average Bonchev–Trinajstić information content (AvgIpc) is 2.34. The smallest absolute Gasteiger partial charge is 0.328 e. The van der Waals surface area contributed by atoms with Gasteiger partial charge in [-0.25, -0.2) is 9.59 Å². The third kappa shape index (κ3) is 4.55. The third-order valence-corrected chi connectivity index (χ3v) is 2.62. The average molecular weight is 267 g/mol. The number of aliphatic hydroxyl groups excluding tert-OH is 1. The maximum absolute atomic E-state index is 11.5. The minimum atomic E-state index is -1.34. The molecule has 0 spiro atoms. The molecule has 0 aliphatic heterocycles. The molecule has 0 saturated heterocycles. The molecule has 0 aliphatic carbocycles. The number of urea groups is 1. The lowest BCUT2D eigenvalue weighted by molar-refractivity contribution is -0.141. The van der Waals surface area contributed by atoms with E-state index in [0.29, 0.717) is 0 Å². The number of hydrogen-bond acceptors (Lipinski definition) is 4. The summed E-state index contributed by atoms with van der Waals surface area (Å²) >= 11 is 0. The highest BCUT2D eigenvalue weighted by atomic mass is 16.4. The van der Waals surface area contributed by atoms with Crippen LogP contribution in [-0.2, 0) is 11.3 Å². The van der Waals surface area contributed by atoms with Gasteiger partial charge in [0.2, 0.25) is 0 Å². The van der Waals surface area contributed by atoms with E-state index in [2.05, 4.69) is 15.6 Å². The lowest BCUT2D eigenvalue weighted by Crippen LogP contribution is -2.51. The maximum atomic E-state index is 11.5. The molecule has 0 unspecified atom stereocenters. The molecule has 7 heteroatoms. The summed E-state index contributed by atoms with van der Waals surface area (Å²) in [6.45, 7) is 3.41. The van der Waals surface area contributed by atoms with Gasteiger partial charge in [0.1, 0.15) is 0 Å². The fourth-order valence-corrected chi connectivity index (χ4v) is 1.44. The van der Waals surface area contributed by atoms with Crippen molar-refractivity contribution in [2.45, 2.75) is 32.5 Å². The SMILES string of the molecule is Cc1ccncc1CNC(=O)N[C@H](C(=O)O)[C@@H](C)O. The summed E-state index contributed by atoms with van der Waals surface area (Å²) in [5.41, 5.74) is 1.81. The van der Waals surface area contributed by atoms with E-state index in [-0.39, 0.29) is 6.54 Å². The van der Waals surface area contributed by atoms with Crippen molar-refractivity contribution < 1.29 is 19.8 Å². The molecule has 2 atom stereocenters. The molecule has 1 aromatic rings. The molecule has 104 valence electrons. The first-order chi connectivity index (χ1) is 8.91. The van der Waals surface area contributed by atoms with Crippen molar-refractivity contribution in [3.05, 3.63) is 29.6 Å². The van der Waals surface area contributed by atoms with Crippen molar-refractivity contribution >= 4 is 12.0 Å². The van der Waals surface area contributed by atoms with Crippen molar-refractivity contribution in [2.24, 2.45) is 0 Å². The standard InChI is InChI=1S/C12H17N3O4/c1-7-3-4-13-5-9(7)6-14-12(19)15-10(8(2)16)11(17)18/h3-5,8,10,16H,6H2,1-2H3,(H,17,18)(H2,14,15,19)/t8-,10+/m1/s1. The molecule has 2 amide bonds. The van der Waals surface area contributed by atoms with Gasteiger partial charge in [0.05, 0.1) is 6.10 Å². The summed E-state index contributed by atoms with van der Waals surface area (Å²) < 4.78 is 0. The lowest BCUT2D eigenvalue weighted by Gasteiger charge is -2.17. The van der Waals surface area contributed by atoms with Crippen LogP contribution in [-0.4, -0.2) is 39.3 Å². The predicted octanol–water partition coefficient (Wildman–Crippen LogP) is 0.0232. The quantitative estimate of drug-likeness (QED) is 0.601. The minimum Gasteiger partial charge on any atom is -0.480 e. The van der Waals surface area contributed by atoms with Crippen molar-refractivity contribution in [2.75, 3.05) is 0 Å². The summed E-state index contributed by atoms with van der Waals surface area (Å²) in [7, 11) is 0. The lowest BCUT2D eigenvalue weighted by atomic mass is 10.1. The zero-order valence-electron chi connectivity index (χ0n) is 10.8. The minimum absolute atomic E-state index is 0.234. The Morgan fingerprint density at radius 1 is 1.47 bits per heavy atom. The Balaban J connectivity index is 2.52. The highest BCUT2D eigenvalue weighted by Crippen LogP contribution is 2.03. The number of pyridine rings is 1. The van der Waals surface area contributed by atoms with Gasteiger partial charge < -0.3 is 20.8 Å². The zero-order chi connectivity index (χ0) is 14.4. The van der Waals surface area contributed by atoms with E-state index in [1.54, 1.807) is 12.4 Å². The molecule has 0 radical (unpaired) electrons. The second kappa shape index (κ2) is 6.69. The van der Waals surface area contributed by atoms with Crippen LogP contribution in [0.1, 0.15) is 18.1 Å². The highest BCUT2D eigenvalue weighted by molar-refractivity contribution is 5.82. The van der Waals surface area contributed by atoms with E-state index in [0.717, 1.165) is 11.1 Å². The molecule has 1 aromatic heterocycles. The number of carboxylic acids is 1. The second-order valence-electron chi connectivity index (χ2n) is 4.19.